The molecule has 5 rings (SSSR count). The van der Waals surface area contributed by atoms with E-state index in [0.29, 0.717) is 47.8 Å². The fraction of sp³-hybridized carbons (Fsp3) is 0.259. The Morgan fingerprint density at radius 3 is 2.65 bits per heavy atom. The third-order valence-corrected chi connectivity index (χ3v) is 7.15. The number of nitrogens with zero attached hydrogens (tertiary/aromatic N) is 5. The van der Waals surface area contributed by atoms with Crippen molar-refractivity contribution in [2.75, 3.05) is 23.9 Å². The van der Waals surface area contributed by atoms with Gasteiger partial charge in [0, 0.05) is 43.2 Å². The molecule has 2 aromatic carbocycles. The van der Waals surface area contributed by atoms with Gasteiger partial charge in [0.2, 0.25) is 16.2 Å². The Hall–Kier alpha value is -4.18. The Labute approximate surface area is 219 Å². The minimum atomic E-state index is -0.234. The van der Waals surface area contributed by atoms with E-state index in [9.17, 15) is 9.59 Å². The fourth-order valence-corrected chi connectivity index (χ4v) is 5.12. The third kappa shape index (κ3) is 5.64. The quantitative estimate of drug-likeness (QED) is 0.356. The first-order valence-corrected chi connectivity index (χ1v) is 12.9. The molecule has 1 N–H and O–H groups in total. The highest BCUT2D eigenvalue weighted by atomic mass is 32.1. The van der Waals surface area contributed by atoms with Crippen LogP contribution in [0.15, 0.2) is 66.9 Å². The van der Waals surface area contributed by atoms with Crippen molar-refractivity contribution < 1.29 is 14.3 Å². The van der Waals surface area contributed by atoms with Crippen LogP contribution in [0.3, 0.4) is 0 Å². The molecule has 1 aliphatic heterocycles. The number of methoxy groups -OCH3 is 1. The summed E-state index contributed by atoms with van der Waals surface area (Å²) in [5.74, 6) is 0.745. The zero-order valence-electron chi connectivity index (χ0n) is 20.8. The maximum Gasteiger partial charge on any atom is 0.322 e. The van der Waals surface area contributed by atoms with Gasteiger partial charge in [-0.15, -0.1) is 10.2 Å². The standard InChI is InChI=1S/C27H28N6O3S/c1-19-10-12-20(13-11-19)17-31(25(35)28-21-6-3-8-23(16-21)36-2)18-22-7-4-14-32(22)26-29-30-27(37-26)33-15-5-9-24(33)34/h3-4,6-8,10-14,16H,5,9,15,17-18H2,1-2H3,(H,28,35). The lowest BCUT2D eigenvalue weighted by molar-refractivity contribution is -0.117. The summed E-state index contributed by atoms with van der Waals surface area (Å²) in [4.78, 5) is 29.1. The molecule has 190 valence electrons. The van der Waals surface area contributed by atoms with Gasteiger partial charge in [-0.3, -0.25) is 14.3 Å². The molecule has 2 aromatic heterocycles. The van der Waals surface area contributed by atoms with Crippen LogP contribution in [-0.4, -0.2) is 45.3 Å². The number of urea groups is 1. The second-order valence-electron chi connectivity index (χ2n) is 8.89. The summed E-state index contributed by atoms with van der Waals surface area (Å²) in [7, 11) is 1.59. The predicted octanol–water partition coefficient (Wildman–Crippen LogP) is 5.01. The smallest absolute Gasteiger partial charge is 0.322 e. The molecule has 0 radical (unpaired) electrons. The second kappa shape index (κ2) is 10.8. The number of anilines is 2. The minimum Gasteiger partial charge on any atom is -0.497 e. The average Bonchev–Trinajstić information content (AvgIpc) is 3.66. The maximum absolute atomic E-state index is 13.5. The Bertz CT molecular complexity index is 1400. The number of nitrogens with one attached hydrogen (secondary N) is 1. The number of benzene rings is 2. The van der Waals surface area contributed by atoms with Crippen molar-refractivity contribution in [1.82, 2.24) is 19.7 Å². The van der Waals surface area contributed by atoms with E-state index >= 15 is 0 Å². The Kier molecular flexibility index (Phi) is 7.18. The number of carbonyl (C=O) groups is 2. The molecule has 1 saturated heterocycles. The van der Waals surface area contributed by atoms with Crippen LogP contribution >= 0.6 is 11.3 Å². The predicted molar refractivity (Wildman–Crippen MR) is 143 cm³/mol. The maximum atomic E-state index is 13.5. The van der Waals surface area contributed by atoms with Gasteiger partial charge in [-0.25, -0.2) is 4.79 Å². The van der Waals surface area contributed by atoms with Crippen LogP contribution in [0.2, 0.25) is 0 Å². The number of amides is 3. The monoisotopic (exact) mass is 516 g/mol. The van der Waals surface area contributed by atoms with Gasteiger partial charge in [-0.05, 0) is 43.2 Å². The van der Waals surface area contributed by atoms with E-state index in [2.05, 4.69) is 15.5 Å². The highest BCUT2D eigenvalue weighted by molar-refractivity contribution is 7.17. The van der Waals surface area contributed by atoms with Crippen LogP contribution in [0.1, 0.15) is 29.7 Å². The minimum absolute atomic E-state index is 0.0777. The van der Waals surface area contributed by atoms with Crippen molar-refractivity contribution >= 4 is 34.1 Å². The Morgan fingerprint density at radius 2 is 1.89 bits per heavy atom. The summed E-state index contributed by atoms with van der Waals surface area (Å²) in [5, 5.41) is 12.8. The number of aromatic nitrogens is 3. The molecule has 0 spiro atoms. The molecule has 0 atom stereocenters. The lowest BCUT2D eigenvalue weighted by Gasteiger charge is -2.24. The summed E-state index contributed by atoms with van der Waals surface area (Å²) >= 11 is 1.37. The van der Waals surface area contributed by atoms with Crippen LogP contribution in [0.25, 0.3) is 5.13 Å². The van der Waals surface area contributed by atoms with E-state index in [1.54, 1.807) is 23.0 Å². The number of aryl methyl sites for hydroxylation is 1. The van der Waals surface area contributed by atoms with E-state index in [-0.39, 0.29) is 11.9 Å². The molecule has 9 nitrogen and oxygen atoms in total. The molecule has 0 bridgehead atoms. The number of hydrogen-bond acceptors (Lipinski definition) is 6. The summed E-state index contributed by atoms with van der Waals surface area (Å²) in [6.45, 7) is 3.47. The molecule has 0 saturated carbocycles. The Morgan fingerprint density at radius 1 is 1.08 bits per heavy atom. The SMILES string of the molecule is COc1cccc(NC(=O)N(Cc2ccc(C)cc2)Cc2cccn2-c2nnc(N3CCCC3=O)s2)c1. The van der Waals surface area contributed by atoms with E-state index in [1.165, 1.54) is 11.3 Å². The average molecular weight is 517 g/mol. The van der Waals surface area contributed by atoms with Gasteiger partial charge in [0.25, 0.3) is 0 Å². The molecule has 1 fully saturated rings. The van der Waals surface area contributed by atoms with Gasteiger partial charge in [0.1, 0.15) is 5.75 Å². The Balaban J connectivity index is 1.39. The fourth-order valence-electron chi connectivity index (χ4n) is 4.21. The molecule has 10 heteroatoms. The van der Waals surface area contributed by atoms with Crippen LogP contribution in [0.5, 0.6) is 5.75 Å². The van der Waals surface area contributed by atoms with E-state index < -0.39 is 0 Å². The molecular weight excluding hydrogens is 488 g/mol. The van der Waals surface area contributed by atoms with Gasteiger partial charge >= 0.3 is 6.03 Å². The zero-order valence-corrected chi connectivity index (χ0v) is 21.6. The molecule has 3 amide bonds. The topological polar surface area (TPSA) is 92.6 Å². The normalized spacial score (nSPS) is 13.1. The summed E-state index contributed by atoms with van der Waals surface area (Å²) in [6.07, 6.45) is 3.27. The van der Waals surface area contributed by atoms with E-state index in [1.807, 2.05) is 72.3 Å². The molecular formula is C27H28N6O3S. The van der Waals surface area contributed by atoms with Crippen molar-refractivity contribution in [3.8, 4) is 10.9 Å². The lowest BCUT2D eigenvalue weighted by atomic mass is 10.1. The first-order chi connectivity index (χ1) is 18.0. The van der Waals surface area contributed by atoms with Crippen LogP contribution < -0.4 is 15.0 Å². The van der Waals surface area contributed by atoms with Crippen LogP contribution in [0.4, 0.5) is 15.6 Å². The van der Waals surface area contributed by atoms with Gasteiger partial charge in [-0.2, -0.15) is 0 Å². The zero-order chi connectivity index (χ0) is 25.8. The molecule has 0 aliphatic carbocycles. The second-order valence-corrected chi connectivity index (χ2v) is 9.82. The van der Waals surface area contributed by atoms with Gasteiger partial charge in [0.05, 0.1) is 13.7 Å². The summed E-state index contributed by atoms with van der Waals surface area (Å²) in [6, 6.07) is 19.1. The van der Waals surface area contributed by atoms with Crippen molar-refractivity contribution in [1.29, 1.82) is 0 Å². The van der Waals surface area contributed by atoms with Gasteiger partial charge < -0.3 is 15.0 Å². The van der Waals surface area contributed by atoms with Crippen molar-refractivity contribution in [3.63, 3.8) is 0 Å². The molecule has 1 aliphatic rings. The number of rotatable bonds is 8. The molecule has 37 heavy (non-hydrogen) atoms. The van der Waals surface area contributed by atoms with E-state index in [0.717, 1.165) is 23.2 Å². The van der Waals surface area contributed by atoms with Crippen molar-refractivity contribution in [2.45, 2.75) is 32.9 Å². The van der Waals surface area contributed by atoms with Gasteiger partial charge in [0.15, 0.2) is 0 Å². The number of ether oxygens (including phenoxy) is 1. The molecule has 0 unspecified atom stereocenters. The van der Waals surface area contributed by atoms with Crippen LogP contribution in [-0.2, 0) is 17.9 Å². The van der Waals surface area contributed by atoms with E-state index in [4.69, 9.17) is 4.74 Å². The highest BCUT2D eigenvalue weighted by Crippen LogP contribution is 2.28. The highest BCUT2D eigenvalue weighted by Gasteiger charge is 2.26. The third-order valence-electron chi connectivity index (χ3n) is 6.20. The van der Waals surface area contributed by atoms with Gasteiger partial charge in [-0.1, -0.05) is 47.2 Å². The van der Waals surface area contributed by atoms with Crippen molar-refractivity contribution in [3.05, 3.63) is 83.7 Å². The summed E-state index contributed by atoms with van der Waals surface area (Å²) in [5.41, 5.74) is 3.71. The summed E-state index contributed by atoms with van der Waals surface area (Å²) < 4.78 is 7.21. The first kappa shape index (κ1) is 24.5. The van der Waals surface area contributed by atoms with Crippen LogP contribution in [0, 0.1) is 6.92 Å². The first-order valence-electron chi connectivity index (χ1n) is 12.1. The molecule has 3 heterocycles. The molecule has 4 aromatic rings. The lowest BCUT2D eigenvalue weighted by Crippen LogP contribution is -2.34. The van der Waals surface area contributed by atoms with Crippen molar-refractivity contribution in [2.24, 2.45) is 0 Å². The number of carbonyl (C=O) groups excluding carboxylic acids is 2. The number of hydrogen-bond donors (Lipinski definition) is 1. The largest absolute Gasteiger partial charge is 0.497 e.